The molecule has 0 saturated carbocycles. The molecule has 2 amide bonds. The van der Waals surface area contributed by atoms with Crippen LogP contribution in [0.15, 0.2) is 64.4 Å². The first-order chi connectivity index (χ1) is 18.2. The largest absolute Gasteiger partial charge is 0.433 e. The summed E-state index contributed by atoms with van der Waals surface area (Å²) < 4.78 is 113. The number of hydrogen-bond acceptors (Lipinski definition) is 9. The van der Waals surface area contributed by atoms with E-state index in [-0.39, 0.29) is 15.5 Å². The zero-order chi connectivity index (χ0) is 29.0. The summed E-state index contributed by atoms with van der Waals surface area (Å²) in [4.78, 5) is 19.8. The maximum Gasteiger partial charge on any atom is 0.388 e. The van der Waals surface area contributed by atoms with Gasteiger partial charge in [-0.25, -0.2) is 36.2 Å². The van der Waals surface area contributed by atoms with Crippen LogP contribution in [0.4, 0.5) is 28.3 Å². The normalized spacial score (nSPS) is 11.9. The molecule has 0 aliphatic heterocycles. The number of amides is 2. The molecule has 3 aromatic rings. The van der Waals surface area contributed by atoms with Crippen molar-refractivity contribution in [3.63, 3.8) is 0 Å². The van der Waals surface area contributed by atoms with Gasteiger partial charge in [-0.2, -0.15) is 22.5 Å². The summed E-state index contributed by atoms with van der Waals surface area (Å²) in [5.41, 5.74) is 0.676. The van der Waals surface area contributed by atoms with Crippen LogP contribution in [0.25, 0.3) is 0 Å². The summed E-state index contributed by atoms with van der Waals surface area (Å²) >= 11 is 0. The van der Waals surface area contributed by atoms with Crippen molar-refractivity contribution >= 4 is 31.8 Å². The predicted molar refractivity (Wildman–Crippen MR) is 128 cm³/mol. The number of nitrogens with zero attached hydrogens (tertiary/aromatic N) is 3. The number of carbonyl (C=O) groups is 1. The molecular weight excluding hydrogens is 572 g/mol. The minimum absolute atomic E-state index is 0.0419. The first-order valence-electron chi connectivity index (χ1n) is 10.7. The van der Waals surface area contributed by atoms with Crippen LogP contribution in [-0.4, -0.2) is 51.9 Å². The lowest BCUT2D eigenvalue weighted by Gasteiger charge is -2.22. The number of aromatic nitrogens is 2. The molecule has 1 N–H and O–H groups in total. The van der Waals surface area contributed by atoms with Gasteiger partial charge in [-0.1, -0.05) is 29.8 Å². The number of hydrogen-bond donors (Lipinski definition) is 1. The van der Waals surface area contributed by atoms with E-state index in [0.29, 0.717) is 0 Å². The fraction of sp³-hybridized carbons (Fsp3) is 0.227. The molecule has 0 fully saturated rings. The second kappa shape index (κ2) is 11.8. The standard InChI is InChI=1S/C22H20F4N4O7S2/c1-13-7-9-15(10-8-13)38(32,33)12-30(21-27-14(2)11-18(28-21)37-20(25)26)22(31)29-39(34,35)17-6-4-3-5-16(17)36-19(23)24/h3-11,19-20H,12H2,1-2H3,(H,29,31). The molecule has 0 atom stereocenters. The smallest absolute Gasteiger partial charge is 0.388 e. The molecule has 0 bridgehead atoms. The van der Waals surface area contributed by atoms with E-state index in [1.807, 2.05) is 0 Å². The number of benzene rings is 2. The van der Waals surface area contributed by atoms with Crippen molar-refractivity contribution in [2.45, 2.75) is 36.9 Å². The first kappa shape index (κ1) is 29.6. The lowest BCUT2D eigenvalue weighted by Crippen LogP contribution is -2.46. The number of carbonyl (C=O) groups excluding carboxylic acids is 1. The summed E-state index contributed by atoms with van der Waals surface area (Å²) in [5.74, 6) is -3.58. The number of rotatable bonds is 10. The molecule has 17 heteroatoms. The summed E-state index contributed by atoms with van der Waals surface area (Å²) in [6, 6.07) is 8.86. The van der Waals surface area contributed by atoms with Crippen molar-refractivity contribution in [1.29, 1.82) is 0 Å². The van der Waals surface area contributed by atoms with Crippen LogP contribution in [0.1, 0.15) is 11.3 Å². The van der Waals surface area contributed by atoms with Gasteiger partial charge < -0.3 is 9.47 Å². The number of urea groups is 1. The van der Waals surface area contributed by atoms with E-state index < -0.39 is 67.5 Å². The third-order valence-electron chi connectivity index (χ3n) is 4.77. The highest BCUT2D eigenvalue weighted by Gasteiger charge is 2.32. The lowest BCUT2D eigenvalue weighted by atomic mass is 10.2. The molecule has 11 nitrogen and oxygen atoms in total. The van der Waals surface area contributed by atoms with E-state index in [4.69, 9.17) is 0 Å². The van der Waals surface area contributed by atoms with Crippen molar-refractivity contribution in [1.82, 2.24) is 14.7 Å². The average Bonchev–Trinajstić information content (AvgIpc) is 2.81. The number of para-hydroxylation sites is 1. The van der Waals surface area contributed by atoms with Gasteiger partial charge in [-0.3, -0.25) is 0 Å². The molecule has 0 saturated heterocycles. The Kier molecular flexibility index (Phi) is 8.96. The zero-order valence-corrected chi connectivity index (χ0v) is 21.7. The van der Waals surface area contributed by atoms with E-state index in [1.165, 1.54) is 37.3 Å². The molecular formula is C22H20F4N4O7S2. The van der Waals surface area contributed by atoms with Gasteiger partial charge in [0.05, 0.1) is 4.90 Å². The highest BCUT2D eigenvalue weighted by atomic mass is 32.2. The fourth-order valence-corrected chi connectivity index (χ4v) is 5.45. The fourth-order valence-electron chi connectivity index (χ4n) is 3.08. The van der Waals surface area contributed by atoms with Crippen molar-refractivity contribution in [3.05, 3.63) is 65.9 Å². The van der Waals surface area contributed by atoms with Gasteiger partial charge in [0.15, 0.2) is 9.84 Å². The van der Waals surface area contributed by atoms with Crippen LogP contribution < -0.4 is 19.1 Å². The molecule has 39 heavy (non-hydrogen) atoms. The van der Waals surface area contributed by atoms with E-state index in [1.54, 1.807) is 11.6 Å². The van der Waals surface area contributed by atoms with Crippen LogP contribution >= 0.6 is 0 Å². The molecule has 0 unspecified atom stereocenters. The third kappa shape index (κ3) is 7.76. The van der Waals surface area contributed by atoms with E-state index in [9.17, 15) is 39.2 Å². The van der Waals surface area contributed by atoms with Gasteiger partial charge in [-0.05, 0) is 38.1 Å². The van der Waals surface area contributed by atoms with Crippen molar-refractivity contribution in [2.24, 2.45) is 0 Å². The van der Waals surface area contributed by atoms with Gasteiger partial charge in [0.1, 0.15) is 16.5 Å². The van der Waals surface area contributed by atoms with Gasteiger partial charge in [0.25, 0.3) is 10.0 Å². The van der Waals surface area contributed by atoms with Crippen molar-refractivity contribution < 1.29 is 48.7 Å². The number of halogens is 4. The Morgan fingerprint density at radius 1 is 0.923 bits per heavy atom. The monoisotopic (exact) mass is 592 g/mol. The second-order valence-electron chi connectivity index (χ2n) is 7.75. The molecule has 1 heterocycles. The van der Waals surface area contributed by atoms with Gasteiger partial charge in [0.2, 0.25) is 11.8 Å². The molecule has 0 spiro atoms. The third-order valence-corrected chi connectivity index (χ3v) is 7.72. The van der Waals surface area contributed by atoms with Crippen LogP contribution in [0, 0.1) is 13.8 Å². The Morgan fingerprint density at radius 3 is 2.15 bits per heavy atom. The Labute approximate surface area is 220 Å². The molecule has 2 aromatic carbocycles. The quantitative estimate of drug-likeness (QED) is 0.349. The Bertz CT molecular complexity index is 1550. The Balaban J connectivity index is 2.06. The maximum atomic E-state index is 13.2. The predicted octanol–water partition coefficient (Wildman–Crippen LogP) is 3.63. The Hall–Kier alpha value is -3.99. The van der Waals surface area contributed by atoms with Crippen molar-refractivity contribution in [3.8, 4) is 11.6 Å². The van der Waals surface area contributed by atoms with E-state index in [0.717, 1.165) is 29.8 Å². The van der Waals surface area contributed by atoms with Crippen LogP contribution in [-0.2, 0) is 19.9 Å². The molecule has 0 radical (unpaired) electrons. The second-order valence-corrected chi connectivity index (χ2v) is 11.4. The first-order valence-corrected chi connectivity index (χ1v) is 13.8. The van der Waals surface area contributed by atoms with Crippen molar-refractivity contribution in [2.75, 3.05) is 10.8 Å². The molecule has 0 aliphatic carbocycles. The number of sulfone groups is 1. The average molecular weight is 593 g/mol. The highest BCUT2D eigenvalue weighted by Crippen LogP contribution is 2.26. The number of aryl methyl sites for hydroxylation is 2. The molecule has 0 aliphatic rings. The summed E-state index contributed by atoms with van der Waals surface area (Å²) in [6.07, 6.45) is 0. The topological polar surface area (TPSA) is 145 Å². The molecule has 1 aromatic heterocycles. The number of sulfonamides is 1. The molecule has 210 valence electrons. The SMILES string of the molecule is Cc1ccc(S(=O)(=O)CN(C(=O)NS(=O)(=O)c2ccccc2OC(F)F)c2nc(C)cc(OC(F)F)n2)cc1. The van der Waals surface area contributed by atoms with Gasteiger partial charge in [0, 0.05) is 11.8 Å². The Morgan fingerprint density at radius 2 is 1.54 bits per heavy atom. The van der Waals surface area contributed by atoms with Gasteiger partial charge in [-0.15, -0.1) is 0 Å². The summed E-state index contributed by atoms with van der Waals surface area (Å²) in [7, 11) is -9.34. The van der Waals surface area contributed by atoms with E-state index >= 15 is 0 Å². The summed E-state index contributed by atoms with van der Waals surface area (Å²) in [6.45, 7) is -3.75. The van der Waals surface area contributed by atoms with Crippen LogP contribution in [0.3, 0.4) is 0 Å². The van der Waals surface area contributed by atoms with Crippen LogP contribution in [0.5, 0.6) is 11.6 Å². The number of alkyl halides is 4. The zero-order valence-electron chi connectivity index (χ0n) is 20.1. The highest BCUT2D eigenvalue weighted by molar-refractivity contribution is 7.91. The van der Waals surface area contributed by atoms with Gasteiger partial charge >= 0.3 is 19.3 Å². The lowest BCUT2D eigenvalue weighted by molar-refractivity contribution is -0.0532. The number of nitrogens with one attached hydrogen (secondary N) is 1. The summed E-state index contributed by atoms with van der Waals surface area (Å²) in [5, 5.41) is 0. The maximum absolute atomic E-state index is 13.2. The van der Waals surface area contributed by atoms with Crippen LogP contribution in [0.2, 0.25) is 0 Å². The minimum atomic E-state index is -4.96. The number of ether oxygens (including phenoxy) is 2. The minimum Gasteiger partial charge on any atom is -0.433 e. The molecule has 3 rings (SSSR count). The van der Waals surface area contributed by atoms with E-state index in [2.05, 4.69) is 19.4 Å². The number of anilines is 1.